The van der Waals surface area contributed by atoms with E-state index in [1.165, 1.54) is 6.92 Å². The SMILES string of the molecule is CCC[CH2][Sn]([CH2]CCC)([O]C(C)=O)[O]C(=O)c1ccccc1. The Morgan fingerprint density at radius 3 is 1.95 bits per heavy atom. The third-order valence-electron chi connectivity index (χ3n) is 3.44. The number of carbonyl (C=O) groups is 2. The quantitative estimate of drug-likeness (QED) is 0.562. The van der Waals surface area contributed by atoms with E-state index in [1.807, 2.05) is 6.07 Å². The zero-order chi connectivity index (χ0) is 16.4. The van der Waals surface area contributed by atoms with Gasteiger partial charge in [0.2, 0.25) is 0 Å². The van der Waals surface area contributed by atoms with Crippen molar-refractivity contribution >= 4 is 31.1 Å². The molecule has 4 nitrogen and oxygen atoms in total. The molecule has 1 rings (SSSR count). The van der Waals surface area contributed by atoms with Crippen LogP contribution < -0.4 is 0 Å². The van der Waals surface area contributed by atoms with Crippen molar-refractivity contribution in [1.29, 1.82) is 0 Å². The van der Waals surface area contributed by atoms with Crippen molar-refractivity contribution in [1.82, 2.24) is 0 Å². The maximum absolute atomic E-state index is 12.4. The van der Waals surface area contributed by atoms with Gasteiger partial charge in [-0.15, -0.1) is 0 Å². The normalized spacial score (nSPS) is 11.0. The fourth-order valence-electron chi connectivity index (χ4n) is 2.31. The van der Waals surface area contributed by atoms with Crippen LogP contribution in [-0.2, 0) is 10.9 Å². The van der Waals surface area contributed by atoms with E-state index in [1.54, 1.807) is 24.3 Å². The second kappa shape index (κ2) is 9.87. The van der Waals surface area contributed by atoms with Crippen LogP contribution in [0.1, 0.15) is 56.8 Å². The van der Waals surface area contributed by atoms with Crippen LogP contribution in [0, 0.1) is 0 Å². The Morgan fingerprint density at radius 1 is 0.955 bits per heavy atom. The molecule has 0 N–H and O–H groups in total. The first-order chi connectivity index (χ1) is 10.5. The van der Waals surface area contributed by atoms with E-state index in [4.69, 9.17) is 6.15 Å². The monoisotopic (exact) mass is 414 g/mol. The van der Waals surface area contributed by atoms with E-state index in [0.717, 1.165) is 34.6 Å². The van der Waals surface area contributed by atoms with Gasteiger partial charge in [0.25, 0.3) is 0 Å². The number of rotatable bonds is 9. The molecule has 0 saturated heterocycles. The third-order valence-corrected chi connectivity index (χ3v) is 13.3. The molecule has 0 spiro atoms. The minimum absolute atomic E-state index is 0.330. The van der Waals surface area contributed by atoms with Crippen LogP contribution in [0.25, 0.3) is 0 Å². The van der Waals surface area contributed by atoms with Crippen LogP contribution in [-0.4, -0.2) is 31.1 Å². The summed E-state index contributed by atoms with van der Waals surface area (Å²) in [5.74, 6) is -0.686. The number of hydrogen-bond acceptors (Lipinski definition) is 4. The third kappa shape index (κ3) is 6.38. The van der Waals surface area contributed by atoms with Crippen LogP contribution in [0.3, 0.4) is 0 Å². The van der Waals surface area contributed by atoms with Gasteiger partial charge in [-0.1, -0.05) is 0 Å². The van der Waals surface area contributed by atoms with E-state index in [-0.39, 0.29) is 11.9 Å². The zero-order valence-corrected chi connectivity index (χ0v) is 16.6. The zero-order valence-electron chi connectivity index (χ0n) is 13.8. The van der Waals surface area contributed by atoms with E-state index in [0.29, 0.717) is 5.56 Å². The predicted molar refractivity (Wildman–Crippen MR) is 88.8 cm³/mol. The van der Waals surface area contributed by atoms with E-state index < -0.39 is 19.2 Å². The Morgan fingerprint density at radius 2 is 1.50 bits per heavy atom. The summed E-state index contributed by atoms with van der Waals surface area (Å²) in [6, 6.07) is 8.92. The van der Waals surface area contributed by atoms with Crippen molar-refractivity contribution in [2.45, 2.75) is 55.3 Å². The van der Waals surface area contributed by atoms with Gasteiger partial charge in [0.15, 0.2) is 0 Å². The first-order valence-electron chi connectivity index (χ1n) is 8.01. The Bertz CT molecular complexity index is 465. The van der Waals surface area contributed by atoms with Gasteiger partial charge in [0.05, 0.1) is 0 Å². The molecule has 0 aromatic heterocycles. The van der Waals surface area contributed by atoms with Crippen molar-refractivity contribution < 1.29 is 15.7 Å². The van der Waals surface area contributed by atoms with Crippen molar-refractivity contribution in [3.63, 3.8) is 0 Å². The summed E-state index contributed by atoms with van der Waals surface area (Å²) in [5, 5.41) is 0. The van der Waals surface area contributed by atoms with Crippen LogP contribution in [0.4, 0.5) is 0 Å². The van der Waals surface area contributed by atoms with Gasteiger partial charge in [0.1, 0.15) is 0 Å². The first-order valence-corrected chi connectivity index (χ1v) is 14.4. The average molecular weight is 413 g/mol. The standard InChI is InChI=1S/C7H6O2.2C4H9.C2H4O2.Sn/c8-7(9)6-4-2-1-3-5-6;2*1-3-4-2;1-2(3)4;/h1-5H,(H,8,9);2*1,3-4H2,2H3;1H3,(H,3,4);/q;;;;+2/p-2. The molecule has 0 amide bonds. The molecule has 0 bridgehead atoms. The minimum atomic E-state index is -3.71. The van der Waals surface area contributed by atoms with Gasteiger partial charge in [-0.3, -0.25) is 0 Å². The molecule has 0 aliphatic heterocycles. The molecule has 122 valence electrons. The summed E-state index contributed by atoms with van der Waals surface area (Å²) >= 11 is -3.71. The molecule has 0 fully saturated rings. The summed E-state index contributed by atoms with van der Waals surface area (Å²) in [7, 11) is 0. The molecule has 1 aromatic rings. The van der Waals surface area contributed by atoms with Crippen LogP contribution in [0.2, 0.25) is 8.87 Å². The summed E-state index contributed by atoms with van der Waals surface area (Å²) in [6.45, 7) is 5.58. The summed E-state index contributed by atoms with van der Waals surface area (Å²) < 4.78 is 13.0. The van der Waals surface area contributed by atoms with E-state index >= 15 is 0 Å². The second-order valence-corrected chi connectivity index (χ2v) is 14.7. The number of hydrogen-bond donors (Lipinski definition) is 0. The first kappa shape index (κ1) is 19.0. The Labute approximate surface area is 138 Å². The topological polar surface area (TPSA) is 52.6 Å². The van der Waals surface area contributed by atoms with Gasteiger partial charge in [-0.05, 0) is 0 Å². The van der Waals surface area contributed by atoms with Gasteiger partial charge in [0, 0.05) is 0 Å². The molecule has 0 aliphatic rings. The second-order valence-electron chi connectivity index (χ2n) is 5.47. The Hall–Kier alpha value is -1.04. The molecular formula is C17H26O4Sn. The van der Waals surface area contributed by atoms with Crippen LogP contribution in [0.15, 0.2) is 30.3 Å². The van der Waals surface area contributed by atoms with Crippen LogP contribution >= 0.6 is 0 Å². The maximum atomic E-state index is 12.4. The van der Waals surface area contributed by atoms with Gasteiger partial charge >= 0.3 is 138 Å². The molecule has 5 heteroatoms. The van der Waals surface area contributed by atoms with Gasteiger partial charge in [-0.25, -0.2) is 0 Å². The van der Waals surface area contributed by atoms with E-state index in [9.17, 15) is 9.59 Å². The van der Waals surface area contributed by atoms with Gasteiger partial charge < -0.3 is 0 Å². The number of carbonyl (C=O) groups excluding carboxylic acids is 2. The molecule has 0 atom stereocenters. The van der Waals surface area contributed by atoms with Crippen molar-refractivity contribution in [3.05, 3.63) is 35.9 Å². The summed E-state index contributed by atoms with van der Waals surface area (Å²) in [6.07, 6.45) is 3.84. The fourth-order valence-corrected chi connectivity index (χ4v) is 12.2. The molecular weight excluding hydrogens is 387 g/mol. The predicted octanol–water partition coefficient (Wildman–Crippen LogP) is 4.45. The Balaban J connectivity index is 2.94. The number of benzene rings is 1. The fraction of sp³-hybridized carbons (Fsp3) is 0.529. The van der Waals surface area contributed by atoms with Crippen molar-refractivity contribution in [2.24, 2.45) is 0 Å². The molecule has 0 aliphatic carbocycles. The number of unbranched alkanes of at least 4 members (excludes halogenated alkanes) is 2. The van der Waals surface area contributed by atoms with E-state index in [2.05, 4.69) is 13.8 Å². The summed E-state index contributed by atoms with van der Waals surface area (Å²) in [4.78, 5) is 23.9. The van der Waals surface area contributed by atoms with Crippen molar-refractivity contribution in [3.8, 4) is 0 Å². The molecule has 22 heavy (non-hydrogen) atoms. The molecule has 0 heterocycles. The molecule has 0 saturated carbocycles. The molecule has 0 radical (unpaired) electrons. The molecule has 0 unspecified atom stereocenters. The Kier molecular flexibility index (Phi) is 8.53. The average Bonchev–Trinajstić information content (AvgIpc) is 2.51. The molecule has 1 aromatic carbocycles. The van der Waals surface area contributed by atoms with Crippen molar-refractivity contribution in [2.75, 3.05) is 0 Å². The van der Waals surface area contributed by atoms with Gasteiger partial charge in [-0.2, -0.15) is 0 Å². The van der Waals surface area contributed by atoms with Crippen LogP contribution in [0.5, 0.6) is 0 Å². The summed E-state index contributed by atoms with van der Waals surface area (Å²) in [5.41, 5.74) is 0.517.